The predicted molar refractivity (Wildman–Crippen MR) is 144 cm³/mol. The molecule has 2 fully saturated rings. The Morgan fingerprint density at radius 2 is 1.81 bits per heavy atom. The lowest BCUT2D eigenvalue weighted by atomic mass is 9.93. The average molecular weight is 507 g/mol. The van der Waals surface area contributed by atoms with Gasteiger partial charge < -0.3 is 19.5 Å². The number of hydrogen-bond donors (Lipinski definition) is 1. The van der Waals surface area contributed by atoms with Crippen LogP contribution in [-0.4, -0.2) is 72.6 Å². The Kier molecular flexibility index (Phi) is 9.00. The van der Waals surface area contributed by atoms with E-state index in [9.17, 15) is 14.7 Å². The van der Waals surface area contributed by atoms with E-state index < -0.39 is 17.7 Å². The smallest absolute Gasteiger partial charge is 0.295 e. The Bertz CT molecular complexity index is 1120. The van der Waals surface area contributed by atoms with Gasteiger partial charge in [0, 0.05) is 31.7 Å². The minimum Gasteiger partial charge on any atom is -0.507 e. The van der Waals surface area contributed by atoms with Crippen LogP contribution in [0.25, 0.3) is 5.76 Å². The first-order valence-electron chi connectivity index (χ1n) is 13.3. The molecule has 2 saturated heterocycles. The molecule has 0 aromatic heterocycles. The summed E-state index contributed by atoms with van der Waals surface area (Å²) in [5, 5.41) is 11.4. The molecule has 0 bridgehead atoms. The van der Waals surface area contributed by atoms with Crippen molar-refractivity contribution in [3.8, 4) is 5.75 Å². The summed E-state index contributed by atoms with van der Waals surface area (Å²) in [6.45, 7) is 10.9. The molecule has 1 N–H and O–H groups in total. The van der Waals surface area contributed by atoms with Crippen molar-refractivity contribution >= 4 is 17.4 Å². The average Bonchev–Trinajstić information content (AvgIpc) is 3.17. The van der Waals surface area contributed by atoms with Gasteiger partial charge in [-0.25, -0.2) is 0 Å². The van der Waals surface area contributed by atoms with Gasteiger partial charge in [0.1, 0.15) is 11.5 Å². The molecule has 2 heterocycles. The summed E-state index contributed by atoms with van der Waals surface area (Å²) in [7, 11) is 0. The zero-order chi connectivity index (χ0) is 26.4. The van der Waals surface area contributed by atoms with Gasteiger partial charge in [-0.3, -0.25) is 14.5 Å². The standard InChI is InChI=1S/C30H38N2O5/c1-4-5-17-37-25-8-6-7-24(20-25)28(33)26-27(23-11-9-22(10-12-23)21(2)3)32(30(35)29(26)34)14-13-31-15-18-36-19-16-31/h6-12,20-21,27,33H,4-5,13-19H2,1-3H3. The number of benzene rings is 2. The summed E-state index contributed by atoms with van der Waals surface area (Å²) in [6, 6.07) is 14.4. The molecule has 37 heavy (non-hydrogen) atoms. The van der Waals surface area contributed by atoms with Crippen molar-refractivity contribution in [1.82, 2.24) is 9.80 Å². The third-order valence-corrected chi connectivity index (χ3v) is 7.09. The van der Waals surface area contributed by atoms with Crippen LogP contribution >= 0.6 is 0 Å². The lowest BCUT2D eigenvalue weighted by molar-refractivity contribution is -0.140. The van der Waals surface area contributed by atoms with E-state index in [1.807, 2.05) is 30.3 Å². The summed E-state index contributed by atoms with van der Waals surface area (Å²) >= 11 is 0. The molecular weight excluding hydrogens is 468 g/mol. The lowest BCUT2D eigenvalue weighted by Crippen LogP contribution is -2.42. The monoisotopic (exact) mass is 506 g/mol. The van der Waals surface area contributed by atoms with Gasteiger partial charge in [0.15, 0.2) is 0 Å². The molecule has 2 aromatic rings. The number of morpholine rings is 1. The summed E-state index contributed by atoms with van der Waals surface area (Å²) in [5.41, 5.74) is 2.56. The number of aliphatic hydroxyl groups excluding tert-OH is 1. The van der Waals surface area contributed by atoms with Crippen LogP contribution in [0, 0.1) is 0 Å². The molecular formula is C30H38N2O5. The molecule has 7 heteroatoms. The SMILES string of the molecule is CCCCOc1cccc(C(O)=C2C(=O)C(=O)N(CCN3CCOCC3)C2c2ccc(C(C)C)cc2)c1. The van der Waals surface area contributed by atoms with E-state index in [-0.39, 0.29) is 11.3 Å². The molecule has 2 aliphatic heterocycles. The Morgan fingerprint density at radius 3 is 2.49 bits per heavy atom. The Labute approximate surface area is 219 Å². The minimum atomic E-state index is -0.660. The fourth-order valence-corrected chi connectivity index (χ4v) is 4.82. The first-order chi connectivity index (χ1) is 17.9. The van der Waals surface area contributed by atoms with Gasteiger partial charge >= 0.3 is 0 Å². The second-order valence-electron chi connectivity index (χ2n) is 10.00. The molecule has 0 saturated carbocycles. The molecule has 0 radical (unpaired) electrons. The summed E-state index contributed by atoms with van der Waals surface area (Å²) < 4.78 is 11.3. The van der Waals surface area contributed by atoms with Crippen LogP contribution in [0.4, 0.5) is 0 Å². The summed E-state index contributed by atoms with van der Waals surface area (Å²) in [6.07, 6.45) is 1.94. The normalized spacial score (nSPS) is 20.1. The van der Waals surface area contributed by atoms with Crippen LogP contribution in [0.5, 0.6) is 5.75 Å². The van der Waals surface area contributed by atoms with E-state index in [0.717, 1.165) is 31.5 Å². The molecule has 0 spiro atoms. The Morgan fingerprint density at radius 1 is 1.08 bits per heavy atom. The van der Waals surface area contributed by atoms with E-state index in [1.165, 1.54) is 5.56 Å². The molecule has 198 valence electrons. The van der Waals surface area contributed by atoms with Crippen LogP contribution < -0.4 is 4.74 Å². The number of likely N-dealkylation sites (tertiary alicyclic amines) is 1. The van der Waals surface area contributed by atoms with E-state index >= 15 is 0 Å². The Balaban J connectivity index is 1.70. The maximum Gasteiger partial charge on any atom is 0.295 e. The number of carbonyl (C=O) groups is 2. The second-order valence-corrected chi connectivity index (χ2v) is 10.00. The van der Waals surface area contributed by atoms with Crippen LogP contribution in [0.1, 0.15) is 62.3 Å². The molecule has 7 nitrogen and oxygen atoms in total. The number of unbranched alkanes of at least 4 members (excludes halogenated alkanes) is 1. The number of nitrogens with zero attached hydrogens (tertiary/aromatic N) is 2. The van der Waals surface area contributed by atoms with E-state index in [0.29, 0.717) is 50.1 Å². The third kappa shape index (κ3) is 6.22. The zero-order valence-electron chi connectivity index (χ0n) is 22.1. The van der Waals surface area contributed by atoms with Crippen molar-refractivity contribution in [1.29, 1.82) is 0 Å². The largest absolute Gasteiger partial charge is 0.507 e. The zero-order valence-corrected chi connectivity index (χ0v) is 22.1. The maximum absolute atomic E-state index is 13.4. The molecule has 2 aliphatic rings. The third-order valence-electron chi connectivity index (χ3n) is 7.09. The molecule has 2 aromatic carbocycles. The number of rotatable bonds is 10. The van der Waals surface area contributed by atoms with Gasteiger partial charge in [-0.2, -0.15) is 0 Å². The van der Waals surface area contributed by atoms with Crippen molar-refractivity contribution in [3.05, 3.63) is 70.8 Å². The number of hydrogen-bond acceptors (Lipinski definition) is 6. The summed E-state index contributed by atoms with van der Waals surface area (Å²) in [4.78, 5) is 30.5. The second kappa shape index (κ2) is 12.4. The first kappa shape index (κ1) is 26.9. The van der Waals surface area contributed by atoms with Gasteiger partial charge in [0.05, 0.1) is 31.4 Å². The van der Waals surface area contributed by atoms with Crippen molar-refractivity contribution in [3.63, 3.8) is 0 Å². The van der Waals surface area contributed by atoms with Crippen molar-refractivity contribution in [2.24, 2.45) is 0 Å². The van der Waals surface area contributed by atoms with Gasteiger partial charge in [-0.05, 0) is 35.6 Å². The van der Waals surface area contributed by atoms with Crippen molar-refractivity contribution in [2.75, 3.05) is 46.0 Å². The van der Waals surface area contributed by atoms with Crippen molar-refractivity contribution < 1.29 is 24.2 Å². The predicted octanol–water partition coefficient (Wildman–Crippen LogP) is 4.74. The Hall–Kier alpha value is -3.16. The number of carbonyl (C=O) groups excluding carboxylic acids is 2. The van der Waals surface area contributed by atoms with Gasteiger partial charge in [-0.1, -0.05) is 63.6 Å². The van der Waals surface area contributed by atoms with Crippen LogP contribution in [-0.2, 0) is 14.3 Å². The highest BCUT2D eigenvalue weighted by molar-refractivity contribution is 6.46. The van der Waals surface area contributed by atoms with Crippen LogP contribution in [0.15, 0.2) is 54.1 Å². The maximum atomic E-state index is 13.4. The molecule has 1 unspecified atom stereocenters. The fraction of sp³-hybridized carbons (Fsp3) is 0.467. The minimum absolute atomic E-state index is 0.120. The number of amides is 1. The van der Waals surface area contributed by atoms with Crippen molar-refractivity contribution in [2.45, 2.75) is 45.6 Å². The fourth-order valence-electron chi connectivity index (χ4n) is 4.82. The highest BCUT2D eigenvalue weighted by Gasteiger charge is 2.46. The van der Waals surface area contributed by atoms with Gasteiger partial charge in [0.25, 0.3) is 11.7 Å². The molecule has 0 aliphatic carbocycles. The molecule has 1 atom stereocenters. The van der Waals surface area contributed by atoms with Gasteiger partial charge in [0.2, 0.25) is 0 Å². The van der Waals surface area contributed by atoms with Crippen LogP contribution in [0.2, 0.25) is 0 Å². The first-order valence-corrected chi connectivity index (χ1v) is 13.3. The lowest BCUT2D eigenvalue weighted by Gasteiger charge is -2.31. The van der Waals surface area contributed by atoms with E-state index in [1.54, 1.807) is 23.1 Å². The molecule has 4 rings (SSSR count). The topological polar surface area (TPSA) is 79.3 Å². The van der Waals surface area contributed by atoms with Crippen LogP contribution in [0.3, 0.4) is 0 Å². The number of ether oxygens (including phenoxy) is 2. The molecule has 1 amide bonds. The summed E-state index contributed by atoms with van der Waals surface area (Å²) in [5.74, 6) is -0.432. The van der Waals surface area contributed by atoms with E-state index in [2.05, 4.69) is 25.7 Å². The van der Waals surface area contributed by atoms with Gasteiger partial charge in [-0.15, -0.1) is 0 Å². The highest BCUT2D eigenvalue weighted by Crippen LogP contribution is 2.40. The highest BCUT2D eigenvalue weighted by atomic mass is 16.5. The number of Topliss-reactive ketones (excluding diaryl/α,β-unsaturated/α-hetero) is 1. The number of aliphatic hydroxyl groups is 1. The quantitative estimate of drug-likeness (QED) is 0.217. The number of ketones is 1. The van der Waals surface area contributed by atoms with E-state index in [4.69, 9.17) is 9.47 Å².